The Hall–Kier alpha value is -3.94. The van der Waals surface area contributed by atoms with Crippen LogP contribution < -0.4 is 10.4 Å². The summed E-state index contributed by atoms with van der Waals surface area (Å²) in [7, 11) is -3.31. The van der Waals surface area contributed by atoms with Crippen molar-refractivity contribution in [1.29, 1.82) is 0 Å². The van der Waals surface area contributed by atoms with E-state index in [1.54, 1.807) is 0 Å². The van der Waals surface area contributed by atoms with Crippen LogP contribution in [0.5, 0.6) is 0 Å². The van der Waals surface area contributed by atoms with E-state index >= 15 is 0 Å². The Morgan fingerprint density at radius 2 is 1.18 bits per heavy atom. The second-order valence-electron chi connectivity index (χ2n) is 12.9. The lowest BCUT2D eigenvalue weighted by Crippen LogP contribution is -2.37. The van der Waals surface area contributed by atoms with Crippen LogP contribution in [0, 0.1) is 0 Å². The second-order valence-corrected chi connectivity index (χ2v) is 22.9. The largest absolute Gasteiger partial charge is 0.456 e. The Labute approximate surface area is 236 Å². The molecule has 198 valence electrons. The molecule has 0 N–H and O–H groups in total. The predicted octanol–water partition coefficient (Wildman–Crippen LogP) is 9.30. The molecular weight excluding hydrogens is 523 g/mol. The van der Waals surface area contributed by atoms with E-state index in [0.29, 0.717) is 0 Å². The van der Waals surface area contributed by atoms with Crippen LogP contribution in [0.3, 0.4) is 0 Å². The summed E-state index contributed by atoms with van der Waals surface area (Å²) in [6.07, 6.45) is 1.91. The minimum atomic E-state index is -1.67. The van der Waals surface area contributed by atoms with Gasteiger partial charge in [-0.2, -0.15) is 0 Å². The van der Waals surface area contributed by atoms with Crippen molar-refractivity contribution >= 4 is 70.4 Å². The summed E-state index contributed by atoms with van der Waals surface area (Å²) in [4.78, 5) is 4.71. The third-order valence-corrected chi connectivity index (χ3v) is 12.0. The van der Waals surface area contributed by atoms with E-state index in [2.05, 4.69) is 118 Å². The van der Waals surface area contributed by atoms with E-state index in [-0.39, 0.29) is 0 Å². The summed E-state index contributed by atoms with van der Waals surface area (Å²) in [5, 5.41) is 7.21. The first-order valence-corrected chi connectivity index (χ1v) is 21.0. The zero-order valence-electron chi connectivity index (χ0n) is 23.9. The van der Waals surface area contributed by atoms with Gasteiger partial charge in [-0.3, -0.25) is 4.98 Å². The highest BCUT2D eigenvalue weighted by Gasteiger charge is 2.28. The Kier molecular flexibility index (Phi) is 5.50. The lowest BCUT2D eigenvalue weighted by atomic mass is 9.96. The fourth-order valence-corrected chi connectivity index (χ4v) is 8.94. The third-order valence-electron chi connectivity index (χ3n) is 7.99. The van der Waals surface area contributed by atoms with Crippen molar-refractivity contribution < 1.29 is 8.83 Å². The molecule has 0 atom stereocenters. The number of benzene rings is 4. The molecule has 7 rings (SSSR count). The number of hydrogen-bond acceptors (Lipinski definition) is 3. The quantitative estimate of drug-likeness (QED) is 0.203. The summed E-state index contributed by atoms with van der Waals surface area (Å²) < 4.78 is 13.7. The molecule has 0 saturated carbocycles. The minimum Gasteiger partial charge on any atom is -0.456 e. The highest BCUT2D eigenvalue weighted by molar-refractivity contribution is 6.90. The van der Waals surface area contributed by atoms with Crippen molar-refractivity contribution in [2.45, 2.75) is 39.3 Å². The van der Waals surface area contributed by atoms with E-state index in [0.717, 1.165) is 60.9 Å². The van der Waals surface area contributed by atoms with Gasteiger partial charge in [0.25, 0.3) is 0 Å². The van der Waals surface area contributed by atoms with Gasteiger partial charge < -0.3 is 8.83 Å². The van der Waals surface area contributed by atoms with Crippen LogP contribution in [0.15, 0.2) is 100.0 Å². The number of para-hydroxylation sites is 2. The Balaban J connectivity index is 1.64. The first-order valence-electron chi connectivity index (χ1n) is 14.0. The summed E-state index contributed by atoms with van der Waals surface area (Å²) in [5.74, 6) is 0. The molecule has 0 aliphatic heterocycles. The van der Waals surface area contributed by atoms with Crippen molar-refractivity contribution in [2.24, 2.45) is 0 Å². The maximum atomic E-state index is 6.96. The van der Waals surface area contributed by atoms with Gasteiger partial charge in [0.15, 0.2) is 0 Å². The summed E-state index contributed by atoms with van der Waals surface area (Å²) in [6, 6.07) is 30.2. The molecule has 3 heterocycles. The average Bonchev–Trinajstić information content (AvgIpc) is 3.50. The van der Waals surface area contributed by atoms with Crippen LogP contribution >= 0.6 is 0 Å². The monoisotopic (exact) mass is 555 g/mol. The van der Waals surface area contributed by atoms with Crippen molar-refractivity contribution in [1.82, 2.24) is 4.98 Å². The molecule has 0 aliphatic rings. The Bertz CT molecular complexity index is 2070. The minimum absolute atomic E-state index is 0.870. The molecule has 3 nitrogen and oxygen atoms in total. The van der Waals surface area contributed by atoms with Gasteiger partial charge >= 0.3 is 0 Å². The van der Waals surface area contributed by atoms with Gasteiger partial charge in [0, 0.05) is 27.9 Å². The topological polar surface area (TPSA) is 39.2 Å². The van der Waals surface area contributed by atoms with Gasteiger partial charge in [0.05, 0.1) is 27.2 Å². The molecule has 0 aliphatic carbocycles. The van der Waals surface area contributed by atoms with Gasteiger partial charge in [-0.25, -0.2) is 0 Å². The molecule has 0 fully saturated rings. The van der Waals surface area contributed by atoms with Gasteiger partial charge in [0.2, 0.25) is 0 Å². The number of aromatic nitrogens is 1. The number of pyridine rings is 1. The summed E-state index contributed by atoms with van der Waals surface area (Å²) in [6.45, 7) is 14.3. The summed E-state index contributed by atoms with van der Waals surface area (Å²) >= 11 is 0. The van der Waals surface area contributed by atoms with Crippen molar-refractivity contribution in [3.63, 3.8) is 0 Å². The average molecular weight is 556 g/mol. The van der Waals surface area contributed by atoms with Crippen molar-refractivity contribution in [2.75, 3.05) is 0 Å². The van der Waals surface area contributed by atoms with Crippen LogP contribution in [0.1, 0.15) is 0 Å². The van der Waals surface area contributed by atoms with E-state index in [1.165, 1.54) is 15.8 Å². The van der Waals surface area contributed by atoms with Crippen LogP contribution in [0.2, 0.25) is 39.3 Å². The van der Waals surface area contributed by atoms with Crippen LogP contribution in [0.4, 0.5) is 0 Å². The lowest BCUT2D eigenvalue weighted by Gasteiger charge is -2.16. The molecule has 5 heteroatoms. The standard InChI is InChI=1S/C35H33NO2Si2/c1-39(2,3)29-16-11-15-25-32-28(37-33(25)29)21-26(23-18-19-36-27(20-23)22-12-8-7-9-13-22)31-24-14-10-17-30(40(4,5)6)34(24)38-35(31)32/h7-21H,1-6H3. The smallest absolute Gasteiger partial charge is 0.147 e. The molecular formula is C35H33NO2Si2. The first kappa shape index (κ1) is 25.1. The Morgan fingerprint density at radius 3 is 1.82 bits per heavy atom. The molecule has 0 saturated heterocycles. The van der Waals surface area contributed by atoms with E-state index < -0.39 is 16.1 Å². The highest BCUT2D eigenvalue weighted by Crippen LogP contribution is 2.44. The number of hydrogen-bond donors (Lipinski definition) is 0. The van der Waals surface area contributed by atoms with E-state index in [1.807, 2.05) is 12.3 Å². The fraction of sp³-hybridized carbons (Fsp3) is 0.171. The molecule has 0 unspecified atom stereocenters. The fourth-order valence-electron chi connectivity index (χ4n) is 6.01. The number of rotatable bonds is 4. The molecule has 3 aromatic heterocycles. The van der Waals surface area contributed by atoms with Gasteiger partial charge in [-0.15, -0.1) is 0 Å². The SMILES string of the molecule is C[Si](C)(C)c1cccc2c1oc1c2c(-c2ccnc(-c3ccccc3)c2)cc2oc3c([Si](C)(C)C)cccc3c21. The second kappa shape index (κ2) is 8.78. The summed E-state index contributed by atoms with van der Waals surface area (Å²) in [5.41, 5.74) is 8.07. The zero-order valence-corrected chi connectivity index (χ0v) is 25.9. The third kappa shape index (κ3) is 3.87. The molecule has 40 heavy (non-hydrogen) atoms. The highest BCUT2D eigenvalue weighted by atomic mass is 28.3. The molecule has 7 aromatic rings. The maximum Gasteiger partial charge on any atom is 0.147 e. The van der Waals surface area contributed by atoms with E-state index in [4.69, 9.17) is 13.8 Å². The number of fused-ring (bicyclic) bond motifs is 7. The van der Waals surface area contributed by atoms with Crippen molar-refractivity contribution in [3.05, 3.63) is 91.1 Å². The molecule has 0 amide bonds. The molecule has 0 radical (unpaired) electrons. The zero-order chi connectivity index (χ0) is 27.8. The predicted molar refractivity (Wildman–Crippen MR) is 176 cm³/mol. The van der Waals surface area contributed by atoms with Crippen LogP contribution in [-0.2, 0) is 0 Å². The normalized spacial score (nSPS) is 12.8. The van der Waals surface area contributed by atoms with Crippen LogP contribution in [0.25, 0.3) is 66.3 Å². The van der Waals surface area contributed by atoms with Crippen molar-refractivity contribution in [3.8, 4) is 22.4 Å². The van der Waals surface area contributed by atoms with Gasteiger partial charge in [-0.1, -0.05) is 106 Å². The Morgan fingerprint density at radius 1 is 0.550 bits per heavy atom. The molecule has 0 spiro atoms. The first-order chi connectivity index (χ1) is 19.1. The number of furan rings is 2. The molecule has 0 bridgehead atoms. The molecule has 4 aromatic carbocycles. The van der Waals surface area contributed by atoms with E-state index in [9.17, 15) is 0 Å². The lowest BCUT2D eigenvalue weighted by molar-refractivity contribution is 0.665. The number of nitrogens with zero attached hydrogens (tertiary/aromatic N) is 1. The van der Waals surface area contributed by atoms with Gasteiger partial charge in [-0.05, 0) is 39.7 Å². The van der Waals surface area contributed by atoms with Gasteiger partial charge in [0.1, 0.15) is 22.3 Å². The maximum absolute atomic E-state index is 6.96. The van der Waals surface area contributed by atoms with Crippen LogP contribution in [-0.4, -0.2) is 21.1 Å².